The number of fused-ring (bicyclic) bond motifs is 2. The Kier molecular flexibility index (Phi) is 8.09. The summed E-state index contributed by atoms with van der Waals surface area (Å²) in [7, 11) is 3.51. The number of carboxylic acid groups (broad SMARTS) is 1. The van der Waals surface area contributed by atoms with E-state index in [9.17, 15) is 19.2 Å². The highest BCUT2D eigenvalue weighted by atomic mass is 16.5. The normalized spacial score (nSPS) is 13.8. The fourth-order valence-electron chi connectivity index (χ4n) is 5.52. The zero-order valence-corrected chi connectivity index (χ0v) is 23.7. The summed E-state index contributed by atoms with van der Waals surface area (Å²) in [5.74, 6) is -1.44. The van der Waals surface area contributed by atoms with Crippen LogP contribution in [-0.2, 0) is 32.8 Å². The predicted octanol–water partition coefficient (Wildman–Crippen LogP) is 1.64. The van der Waals surface area contributed by atoms with Crippen molar-refractivity contribution in [1.29, 1.82) is 0 Å². The number of hydrogen-bond donors (Lipinski definition) is 3. The summed E-state index contributed by atoms with van der Waals surface area (Å²) in [5, 5.41) is 24.6. The molecular weight excluding hydrogens is 542 g/mol. The van der Waals surface area contributed by atoms with Gasteiger partial charge in [0.05, 0.1) is 36.6 Å². The molecule has 4 aromatic rings. The summed E-state index contributed by atoms with van der Waals surface area (Å²) in [6, 6.07) is 9.81. The van der Waals surface area contributed by atoms with Gasteiger partial charge in [-0.05, 0) is 36.6 Å². The van der Waals surface area contributed by atoms with Gasteiger partial charge in [-0.3, -0.25) is 28.5 Å². The molecule has 13 heteroatoms. The molecule has 2 aromatic heterocycles. The van der Waals surface area contributed by atoms with Gasteiger partial charge in [0.15, 0.2) is 0 Å². The van der Waals surface area contributed by atoms with Gasteiger partial charge in [0, 0.05) is 49.3 Å². The first kappa shape index (κ1) is 28.6. The number of ether oxygens (including phenoxy) is 1. The van der Waals surface area contributed by atoms with E-state index in [1.807, 2.05) is 42.3 Å². The molecule has 0 bridgehead atoms. The highest BCUT2D eigenvalue weighted by molar-refractivity contribution is 6.01. The number of nitrogens with zero attached hydrogens (tertiary/aromatic N) is 5. The minimum Gasteiger partial charge on any atom is -0.496 e. The van der Waals surface area contributed by atoms with Gasteiger partial charge >= 0.3 is 5.97 Å². The number of benzene rings is 2. The van der Waals surface area contributed by atoms with Gasteiger partial charge in [0.2, 0.25) is 17.7 Å². The molecule has 1 saturated heterocycles. The van der Waals surface area contributed by atoms with E-state index >= 15 is 0 Å². The SMILES string of the molecule is COc1cc2cnn(C)c2cc1-c1cccc2c1c(C1CCN(C(C)=O)CC1)nn2CC(=O)NCC(=O)NCC(=O)O. The van der Waals surface area contributed by atoms with E-state index in [2.05, 4.69) is 15.7 Å². The molecule has 3 heterocycles. The van der Waals surface area contributed by atoms with Gasteiger partial charge in [-0.1, -0.05) is 12.1 Å². The number of rotatable bonds is 9. The molecule has 220 valence electrons. The number of carboxylic acids is 1. The number of amides is 3. The lowest BCUT2D eigenvalue weighted by Crippen LogP contribution is -2.40. The molecule has 3 amide bonds. The first-order valence-electron chi connectivity index (χ1n) is 13.7. The lowest BCUT2D eigenvalue weighted by Gasteiger charge is -2.30. The molecule has 0 atom stereocenters. The van der Waals surface area contributed by atoms with Gasteiger partial charge in [-0.25, -0.2) is 0 Å². The van der Waals surface area contributed by atoms with Crippen LogP contribution in [0, 0.1) is 0 Å². The maximum absolute atomic E-state index is 12.9. The van der Waals surface area contributed by atoms with E-state index < -0.39 is 24.3 Å². The third kappa shape index (κ3) is 5.76. The molecule has 1 aliphatic rings. The molecule has 13 nitrogen and oxygen atoms in total. The number of nitrogens with one attached hydrogen (secondary N) is 2. The largest absolute Gasteiger partial charge is 0.496 e. The number of piperidine rings is 1. The number of likely N-dealkylation sites (tertiary alicyclic amines) is 1. The molecule has 0 spiro atoms. The fraction of sp³-hybridized carbons (Fsp3) is 0.379. The Hall–Kier alpha value is -4.94. The maximum atomic E-state index is 12.9. The maximum Gasteiger partial charge on any atom is 0.322 e. The molecule has 0 unspecified atom stereocenters. The van der Waals surface area contributed by atoms with Crippen molar-refractivity contribution in [2.75, 3.05) is 33.3 Å². The molecular formula is C29H33N7O6. The van der Waals surface area contributed by atoms with E-state index in [1.165, 1.54) is 0 Å². The number of methoxy groups -OCH3 is 1. The van der Waals surface area contributed by atoms with Crippen LogP contribution in [0.25, 0.3) is 32.9 Å². The van der Waals surface area contributed by atoms with Crippen molar-refractivity contribution in [2.24, 2.45) is 7.05 Å². The van der Waals surface area contributed by atoms with E-state index in [-0.39, 0.29) is 24.9 Å². The van der Waals surface area contributed by atoms with Crippen LogP contribution in [0.3, 0.4) is 0 Å². The van der Waals surface area contributed by atoms with E-state index in [0.717, 1.165) is 51.5 Å². The quantitative estimate of drug-likeness (QED) is 0.272. The lowest BCUT2D eigenvalue weighted by molar-refractivity contribution is -0.137. The Morgan fingerprint density at radius 3 is 2.45 bits per heavy atom. The third-order valence-corrected chi connectivity index (χ3v) is 7.67. The highest BCUT2D eigenvalue weighted by Crippen LogP contribution is 2.42. The van der Waals surface area contributed by atoms with E-state index in [0.29, 0.717) is 18.8 Å². The summed E-state index contributed by atoms with van der Waals surface area (Å²) < 4.78 is 9.24. The Balaban J connectivity index is 1.54. The number of aryl methyl sites for hydroxylation is 1. The van der Waals surface area contributed by atoms with Crippen LogP contribution < -0.4 is 15.4 Å². The number of hydrogen-bond acceptors (Lipinski definition) is 7. The predicted molar refractivity (Wildman–Crippen MR) is 154 cm³/mol. The Morgan fingerprint density at radius 1 is 1.02 bits per heavy atom. The van der Waals surface area contributed by atoms with Crippen molar-refractivity contribution >= 4 is 45.5 Å². The van der Waals surface area contributed by atoms with Crippen molar-refractivity contribution in [2.45, 2.75) is 32.2 Å². The Labute approximate surface area is 241 Å². The zero-order chi connectivity index (χ0) is 30.0. The van der Waals surface area contributed by atoms with Crippen LogP contribution in [-0.4, -0.2) is 86.5 Å². The minimum atomic E-state index is -1.17. The van der Waals surface area contributed by atoms with Crippen LogP contribution in [0.5, 0.6) is 5.75 Å². The second-order valence-corrected chi connectivity index (χ2v) is 10.3. The lowest BCUT2D eigenvalue weighted by atomic mass is 9.88. The van der Waals surface area contributed by atoms with Gasteiger partial charge in [-0.15, -0.1) is 0 Å². The molecule has 42 heavy (non-hydrogen) atoms. The van der Waals surface area contributed by atoms with Crippen molar-refractivity contribution in [3.63, 3.8) is 0 Å². The topological polar surface area (TPSA) is 161 Å². The summed E-state index contributed by atoms with van der Waals surface area (Å²) in [6.07, 6.45) is 3.25. The fourth-order valence-corrected chi connectivity index (χ4v) is 5.52. The van der Waals surface area contributed by atoms with Crippen LogP contribution in [0.2, 0.25) is 0 Å². The second-order valence-electron chi connectivity index (χ2n) is 10.3. The van der Waals surface area contributed by atoms with Crippen molar-refractivity contribution in [3.8, 4) is 16.9 Å². The van der Waals surface area contributed by atoms with Gasteiger partial charge in [0.25, 0.3) is 0 Å². The monoisotopic (exact) mass is 575 g/mol. The zero-order valence-electron chi connectivity index (χ0n) is 23.7. The summed E-state index contributed by atoms with van der Waals surface area (Å²) in [4.78, 5) is 49.3. The van der Waals surface area contributed by atoms with Crippen LogP contribution in [0.4, 0.5) is 0 Å². The molecule has 0 aliphatic carbocycles. The van der Waals surface area contributed by atoms with E-state index in [4.69, 9.17) is 14.9 Å². The number of carbonyl (C=O) groups is 4. The average molecular weight is 576 g/mol. The molecule has 3 N–H and O–H groups in total. The highest BCUT2D eigenvalue weighted by Gasteiger charge is 2.28. The first-order chi connectivity index (χ1) is 20.2. The van der Waals surface area contributed by atoms with E-state index in [1.54, 1.807) is 29.6 Å². The number of aliphatic carboxylic acids is 1. The van der Waals surface area contributed by atoms with Crippen molar-refractivity contribution in [1.82, 2.24) is 35.1 Å². The third-order valence-electron chi connectivity index (χ3n) is 7.67. The minimum absolute atomic E-state index is 0.0443. The van der Waals surface area contributed by atoms with Crippen molar-refractivity contribution in [3.05, 3.63) is 42.2 Å². The number of aromatic nitrogens is 4. The van der Waals surface area contributed by atoms with Crippen LogP contribution in [0.15, 0.2) is 36.5 Å². The molecule has 1 aliphatic heterocycles. The number of carbonyl (C=O) groups excluding carboxylic acids is 3. The van der Waals surface area contributed by atoms with Gasteiger partial charge in [-0.2, -0.15) is 10.2 Å². The van der Waals surface area contributed by atoms with Crippen LogP contribution >= 0.6 is 0 Å². The average Bonchev–Trinajstić information content (AvgIpc) is 3.54. The smallest absolute Gasteiger partial charge is 0.322 e. The molecule has 0 radical (unpaired) electrons. The van der Waals surface area contributed by atoms with Crippen LogP contribution in [0.1, 0.15) is 31.4 Å². The second kappa shape index (κ2) is 11.9. The van der Waals surface area contributed by atoms with Gasteiger partial charge < -0.3 is 25.4 Å². The molecule has 0 saturated carbocycles. The molecule has 1 fully saturated rings. The Morgan fingerprint density at radius 2 is 1.76 bits per heavy atom. The molecule has 2 aromatic carbocycles. The van der Waals surface area contributed by atoms with Gasteiger partial charge in [0.1, 0.15) is 18.8 Å². The summed E-state index contributed by atoms with van der Waals surface area (Å²) in [6.45, 7) is 1.79. The standard InChI is InChI=1S/C29H33N7O6/c1-17(37)35-9-7-18(8-10-35)29-28-20(21-12-23-19(11-24(21)42-3)13-32-34(23)2)5-4-6-22(28)36(33-29)16-26(39)30-14-25(38)31-15-27(40)41/h4-6,11-13,18H,7-10,14-16H2,1-3H3,(H,30,39)(H,31,38)(H,40,41). The Bertz CT molecular complexity index is 1680. The summed E-state index contributed by atoms with van der Waals surface area (Å²) in [5.41, 5.74) is 4.28. The van der Waals surface area contributed by atoms with Crippen molar-refractivity contribution < 1.29 is 29.0 Å². The molecule has 5 rings (SSSR count). The summed E-state index contributed by atoms with van der Waals surface area (Å²) >= 11 is 0. The first-order valence-corrected chi connectivity index (χ1v) is 13.7.